The summed E-state index contributed by atoms with van der Waals surface area (Å²) in [5.74, 6) is -2.52. The molecule has 0 amide bonds. The third-order valence-corrected chi connectivity index (χ3v) is 6.04. The topological polar surface area (TPSA) is 83.5 Å². The highest BCUT2D eigenvalue weighted by molar-refractivity contribution is 7.99. The van der Waals surface area contributed by atoms with Gasteiger partial charge in [0.05, 0.1) is 4.90 Å². The molecule has 2 aromatic rings. The first-order chi connectivity index (χ1) is 13.4. The lowest BCUT2D eigenvalue weighted by Gasteiger charge is -2.25. The van der Waals surface area contributed by atoms with Crippen molar-refractivity contribution < 1.29 is 35.9 Å². The quantitative estimate of drug-likeness (QED) is 0.471. The number of hydrogen-bond donors (Lipinski definition) is 2. The zero-order valence-corrected chi connectivity index (χ0v) is 16.6. The minimum Gasteiger partial charge on any atom is -0.480 e. The van der Waals surface area contributed by atoms with Crippen molar-refractivity contribution in [3.05, 3.63) is 59.9 Å². The predicted molar refractivity (Wildman–Crippen MR) is 100 cm³/mol. The van der Waals surface area contributed by atoms with Crippen LogP contribution in [-0.4, -0.2) is 43.7 Å². The highest BCUT2D eigenvalue weighted by atomic mass is 32.2. The molecule has 2 atom stereocenters. The number of nitrogens with one attached hydrogen (secondary N) is 1. The van der Waals surface area contributed by atoms with E-state index in [2.05, 4.69) is 5.32 Å². The number of alkyl halides is 3. The van der Waals surface area contributed by atoms with Gasteiger partial charge in [0, 0.05) is 16.9 Å². The molecule has 0 radical (unpaired) electrons. The monoisotopic (exact) mass is 451 g/mol. The molecule has 0 saturated carbocycles. The van der Waals surface area contributed by atoms with Crippen LogP contribution in [0.1, 0.15) is 11.6 Å². The van der Waals surface area contributed by atoms with Gasteiger partial charge in [-0.15, -0.1) is 11.8 Å². The number of carbonyl (C=O) groups is 1. The van der Waals surface area contributed by atoms with Gasteiger partial charge in [0.25, 0.3) is 0 Å². The summed E-state index contributed by atoms with van der Waals surface area (Å²) in [4.78, 5) is 11.9. The van der Waals surface area contributed by atoms with Gasteiger partial charge in [-0.25, -0.2) is 12.8 Å². The van der Waals surface area contributed by atoms with E-state index in [0.29, 0.717) is 4.90 Å². The maximum atomic E-state index is 13.5. The number of thioether (sulfide) groups is 1. The van der Waals surface area contributed by atoms with Gasteiger partial charge in [0.15, 0.2) is 9.84 Å². The number of aliphatic carboxylic acids is 1. The summed E-state index contributed by atoms with van der Waals surface area (Å²) in [5.41, 5.74) is -0.325. The smallest absolute Gasteiger partial charge is 0.407 e. The van der Waals surface area contributed by atoms with E-state index in [1.54, 1.807) is 0 Å². The van der Waals surface area contributed by atoms with Gasteiger partial charge < -0.3 is 5.11 Å². The zero-order chi connectivity index (χ0) is 21.8. The van der Waals surface area contributed by atoms with Crippen LogP contribution in [-0.2, 0) is 14.6 Å². The number of rotatable bonds is 8. The van der Waals surface area contributed by atoms with Crippen LogP contribution in [0.5, 0.6) is 0 Å². The molecule has 0 fully saturated rings. The van der Waals surface area contributed by atoms with Crippen molar-refractivity contribution in [2.75, 3.05) is 12.0 Å². The maximum Gasteiger partial charge on any atom is 0.407 e. The lowest BCUT2D eigenvalue weighted by molar-refractivity contribution is -0.162. The fourth-order valence-corrected chi connectivity index (χ4v) is 4.13. The number of halogens is 4. The van der Waals surface area contributed by atoms with Crippen molar-refractivity contribution in [1.29, 1.82) is 0 Å². The van der Waals surface area contributed by atoms with Crippen LogP contribution >= 0.6 is 11.8 Å². The molecule has 0 aliphatic rings. The van der Waals surface area contributed by atoms with Crippen LogP contribution < -0.4 is 5.32 Å². The van der Waals surface area contributed by atoms with Crippen molar-refractivity contribution in [1.82, 2.24) is 5.32 Å². The summed E-state index contributed by atoms with van der Waals surface area (Å²) in [6.45, 7) is 0. The van der Waals surface area contributed by atoms with Gasteiger partial charge in [-0.05, 0) is 35.9 Å². The van der Waals surface area contributed by atoms with Crippen LogP contribution in [0.15, 0.2) is 58.3 Å². The average Bonchev–Trinajstić information content (AvgIpc) is 2.61. The normalized spacial score (nSPS) is 14.4. The van der Waals surface area contributed by atoms with E-state index in [-0.39, 0.29) is 16.2 Å². The summed E-state index contributed by atoms with van der Waals surface area (Å²) in [5, 5.41) is 11.4. The Morgan fingerprint density at radius 2 is 1.79 bits per heavy atom. The molecule has 1 unspecified atom stereocenters. The molecule has 0 saturated heterocycles. The first kappa shape index (κ1) is 23.2. The van der Waals surface area contributed by atoms with E-state index in [1.165, 1.54) is 24.3 Å². The van der Waals surface area contributed by atoms with Gasteiger partial charge in [-0.2, -0.15) is 13.2 Å². The molecule has 0 aliphatic heterocycles. The van der Waals surface area contributed by atoms with Crippen molar-refractivity contribution in [2.24, 2.45) is 0 Å². The SMILES string of the molecule is CS(=O)(=O)c1cccc(SCC(N[C@@H](c2ccc(F)cc2)C(F)(F)F)C(=O)O)c1. The Morgan fingerprint density at radius 3 is 2.31 bits per heavy atom. The second-order valence-corrected chi connectivity index (χ2v) is 9.25. The summed E-state index contributed by atoms with van der Waals surface area (Å²) >= 11 is 0.902. The third-order valence-electron chi connectivity index (χ3n) is 3.85. The number of benzene rings is 2. The standard InChI is InChI=1S/C18H17F4NO4S2/c1-29(26,27)14-4-2-3-13(9-14)28-10-15(17(24)25)23-16(18(20,21)22)11-5-7-12(19)8-6-11/h2-9,15-16,23H,10H2,1H3,(H,24,25)/t15?,16-/m0/s1. The molecule has 158 valence electrons. The predicted octanol–water partition coefficient (Wildman–Crippen LogP) is 3.67. The average molecular weight is 451 g/mol. The maximum absolute atomic E-state index is 13.5. The van der Waals surface area contributed by atoms with Crippen molar-refractivity contribution >= 4 is 27.6 Å². The van der Waals surface area contributed by atoms with Crippen LogP contribution in [0.25, 0.3) is 0 Å². The first-order valence-corrected chi connectivity index (χ1v) is 11.0. The lowest BCUT2D eigenvalue weighted by atomic mass is 10.1. The summed E-state index contributed by atoms with van der Waals surface area (Å²) in [7, 11) is -3.48. The summed E-state index contributed by atoms with van der Waals surface area (Å²) < 4.78 is 76.6. The molecule has 11 heteroatoms. The molecule has 0 bridgehead atoms. The Bertz CT molecular complexity index is 963. The second kappa shape index (κ2) is 9.14. The van der Waals surface area contributed by atoms with E-state index < -0.39 is 39.9 Å². The molecule has 5 nitrogen and oxygen atoms in total. The molecule has 2 rings (SSSR count). The fourth-order valence-electron chi connectivity index (χ4n) is 2.40. The molecule has 0 aromatic heterocycles. The third kappa shape index (κ3) is 6.72. The molecule has 2 aromatic carbocycles. The molecule has 0 heterocycles. The minimum absolute atomic E-state index is 0.0156. The Hall–Kier alpha value is -2.11. The molecule has 0 aliphatic carbocycles. The Morgan fingerprint density at radius 1 is 1.17 bits per heavy atom. The molecule has 2 N–H and O–H groups in total. The first-order valence-electron chi connectivity index (χ1n) is 8.12. The zero-order valence-electron chi connectivity index (χ0n) is 15.0. The van der Waals surface area contributed by atoms with Crippen LogP contribution in [0.4, 0.5) is 17.6 Å². The molecule has 0 spiro atoms. The Balaban J connectivity index is 2.20. The van der Waals surface area contributed by atoms with Gasteiger partial charge in [0.1, 0.15) is 17.9 Å². The van der Waals surface area contributed by atoms with E-state index >= 15 is 0 Å². The number of carboxylic acid groups (broad SMARTS) is 1. The minimum atomic E-state index is -4.81. The van der Waals surface area contributed by atoms with E-state index in [9.17, 15) is 35.9 Å². The Labute approximate surface area is 169 Å². The van der Waals surface area contributed by atoms with Crippen LogP contribution in [0.3, 0.4) is 0 Å². The van der Waals surface area contributed by atoms with Gasteiger partial charge in [0.2, 0.25) is 0 Å². The number of carboxylic acids is 1. The van der Waals surface area contributed by atoms with Crippen molar-refractivity contribution in [3.63, 3.8) is 0 Å². The number of hydrogen-bond acceptors (Lipinski definition) is 5. The van der Waals surface area contributed by atoms with Crippen LogP contribution in [0, 0.1) is 5.82 Å². The van der Waals surface area contributed by atoms with E-state index in [1.807, 2.05) is 0 Å². The van der Waals surface area contributed by atoms with Gasteiger partial charge in [-0.3, -0.25) is 10.1 Å². The number of sulfone groups is 1. The van der Waals surface area contributed by atoms with Crippen LogP contribution in [0.2, 0.25) is 0 Å². The highest BCUT2D eigenvalue weighted by Crippen LogP contribution is 2.34. The fraction of sp³-hybridized carbons (Fsp3) is 0.278. The molecule has 29 heavy (non-hydrogen) atoms. The van der Waals surface area contributed by atoms with Crippen molar-refractivity contribution in [2.45, 2.75) is 28.1 Å². The van der Waals surface area contributed by atoms with E-state index in [4.69, 9.17) is 0 Å². The molecular weight excluding hydrogens is 434 g/mol. The largest absolute Gasteiger partial charge is 0.480 e. The highest BCUT2D eigenvalue weighted by Gasteiger charge is 2.42. The summed E-state index contributed by atoms with van der Waals surface area (Å²) in [6, 6.07) is 5.34. The molecular formula is C18H17F4NO4S2. The van der Waals surface area contributed by atoms with Crippen molar-refractivity contribution in [3.8, 4) is 0 Å². The van der Waals surface area contributed by atoms with Gasteiger partial charge >= 0.3 is 12.1 Å². The Kier molecular flexibility index (Phi) is 7.30. The summed E-state index contributed by atoms with van der Waals surface area (Å²) in [6.07, 6.45) is -3.80. The lowest BCUT2D eigenvalue weighted by Crippen LogP contribution is -2.46. The second-order valence-electron chi connectivity index (χ2n) is 6.14. The van der Waals surface area contributed by atoms with Gasteiger partial charge in [-0.1, -0.05) is 18.2 Å². The van der Waals surface area contributed by atoms with E-state index in [0.717, 1.165) is 42.3 Å².